The zero-order chi connectivity index (χ0) is 14.7. The van der Waals surface area contributed by atoms with Crippen LogP contribution in [0.1, 0.15) is 29.6 Å². The Hall–Kier alpha value is -1.46. The summed E-state index contributed by atoms with van der Waals surface area (Å²) in [5.41, 5.74) is 0.388. The Balaban J connectivity index is 1.53. The molecule has 0 saturated carbocycles. The van der Waals surface area contributed by atoms with Crippen molar-refractivity contribution in [2.24, 2.45) is 0 Å². The second kappa shape index (κ2) is 6.54. The molecule has 4 nitrogen and oxygen atoms in total. The normalized spacial score (nSPS) is 24.1. The molecule has 3 rings (SSSR count). The SMILES string of the molecule is O=C(NC1CCN(C2CCOCC2)C1)c1cccc(F)c1. The van der Waals surface area contributed by atoms with Gasteiger partial charge in [0.05, 0.1) is 0 Å². The van der Waals surface area contributed by atoms with Gasteiger partial charge in [0.15, 0.2) is 0 Å². The van der Waals surface area contributed by atoms with Gasteiger partial charge >= 0.3 is 0 Å². The third-order valence-electron chi connectivity index (χ3n) is 4.35. The molecule has 0 radical (unpaired) electrons. The van der Waals surface area contributed by atoms with Gasteiger partial charge in [-0.2, -0.15) is 0 Å². The predicted molar refractivity (Wildman–Crippen MR) is 77.7 cm³/mol. The van der Waals surface area contributed by atoms with Crippen LogP contribution in [0.15, 0.2) is 24.3 Å². The molecule has 0 spiro atoms. The molecule has 1 N–H and O–H groups in total. The van der Waals surface area contributed by atoms with Gasteiger partial charge in [-0.3, -0.25) is 9.69 Å². The number of hydrogen-bond donors (Lipinski definition) is 1. The molecule has 2 heterocycles. The monoisotopic (exact) mass is 292 g/mol. The highest BCUT2D eigenvalue weighted by molar-refractivity contribution is 5.94. The van der Waals surface area contributed by atoms with E-state index in [4.69, 9.17) is 4.74 Å². The van der Waals surface area contributed by atoms with Crippen LogP contribution >= 0.6 is 0 Å². The van der Waals surface area contributed by atoms with Crippen molar-refractivity contribution in [1.29, 1.82) is 0 Å². The largest absolute Gasteiger partial charge is 0.381 e. The van der Waals surface area contributed by atoms with Crippen LogP contribution in [-0.4, -0.2) is 49.2 Å². The van der Waals surface area contributed by atoms with E-state index in [0.29, 0.717) is 11.6 Å². The van der Waals surface area contributed by atoms with Crippen LogP contribution < -0.4 is 5.32 Å². The Morgan fingerprint density at radius 2 is 2.10 bits per heavy atom. The Morgan fingerprint density at radius 3 is 2.86 bits per heavy atom. The van der Waals surface area contributed by atoms with Crippen LogP contribution in [0.25, 0.3) is 0 Å². The van der Waals surface area contributed by atoms with Crippen LogP contribution in [0.3, 0.4) is 0 Å². The van der Waals surface area contributed by atoms with Gasteiger partial charge in [0.25, 0.3) is 5.91 Å². The quantitative estimate of drug-likeness (QED) is 0.924. The maximum absolute atomic E-state index is 13.1. The molecule has 1 atom stereocenters. The summed E-state index contributed by atoms with van der Waals surface area (Å²) < 4.78 is 18.5. The van der Waals surface area contributed by atoms with Crippen molar-refractivity contribution in [2.45, 2.75) is 31.3 Å². The summed E-state index contributed by atoms with van der Waals surface area (Å²) in [5.74, 6) is -0.564. The number of amides is 1. The van der Waals surface area contributed by atoms with Crippen molar-refractivity contribution in [3.63, 3.8) is 0 Å². The van der Waals surface area contributed by atoms with Gasteiger partial charge in [-0.1, -0.05) is 6.07 Å². The molecule has 1 amide bonds. The van der Waals surface area contributed by atoms with E-state index in [1.54, 1.807) is 12.1 Å². The summed E-state index contributed by atoms with van der Waals surface area (Å²) >= 11 is 0. The number of ether oxygens (including phenoxy) is 1. The molecular weight excluding hydrogens is 271 g/mol. The summed E-state index contributed by atoms with van der Waals surface area (Å²) in [7, 11) is 0. The lowest BCUT2D eigenvalue weighted by Gasteiger charge is -2.31. The molecule has 114 valence electrons. The van der Waals surface area contributed by atoms with Gasteiger partial charge in [0, 0.05) is 44.0 Å². The molecule has 5 heteroatoms. The molecule has 0 aromatic heterocycles. The minimum Gasteiger partial charge on any atom is -0.381 e. The molecule has 2 aliphatic rings. The predicted octanol–water partition coefficient (Wildman–Crippen LogP) is 1.81. The number of rotatable bonds is 3. The Labute approximate surface area is 124 Å². The van der Waals surface area contributed by atoms with Gasteiger partial charge in [0.2, 0.25) is 0 Å². The minimum absolute atomic E-state index is 0.156. The Morgan fingerprint density at radius 1 is 1.29 bits per heavy atom. The van der Waals surface area contributed by atoms with Crippen molar-refractivity contribution in [1.82, 2.24) is 10.2 Å². The first-order valence-electron chi connectivity index (χ1n) is 7.60. The maximum Gasteiger partial charge on any atom is 0.251 e. The third kappa shape index (κ3) is 3.60. The fourth-order valence-electron chi connectivity index (χ4n) is 3.19. The lowest BCUT2D eigenvalue weighted by molar-refractivity contribution is 0.0415. The first-order valence-corrected chi connectivity index (χ1v) is 7.60. The van der Waals surface area contributed by atoms with Gasteiger partial charge in [-0.25, -0.2) is 4.39 Å². The molecule has 21 heavy (non-hydrogen) atoms. The van der Waals surface area contributed by atoms with E-state index in [9.17, 15) is 9.18 Å². The highest BCUT2D eigenvalue weighted by Gasteiger charge is 2.30. The van der Waals surface area contributed by atoms with E-state index >= 15 is 0 Å². The smallest absolute Gasteiger partial charge is 0.251 e. The lowest BCUT2D eigenvalue weighted by atomic mass is 10.1. The van der Waals surface area contributed by atoms with Crippen molar-refractivity contribution in [3.05, 3.63) is 35.6 Å². The van der Waals surface area contributed by atoms with Crippen LogP contribution in [0.4, 0.5) is 4.39 Å². The maximum atomic E-state index is 13.1. The summed E-state index contributed by atoms with van der Waals surface area (Å²) in [6, 6.07) is 6.56. The van der Waals surface area contributed by atoms with Crippen molar-refractivity contribution >= 4 is 5.91 Å². The van der Waals surface area contributed by atoms with Crippen molar-refractivity contribution in [3.8, 4) is 0 Å². The highest BCUT2D eigenvalue weighted by atomic mass is 19.1. The molecule has 2 fully saturated rings. The molecule has 2 saturated heterocycles. The molecule has 1 unspecified atom stereocenters. The van der Waals surface area contributed by atoms with Gasteiger partial charge < -0.3 is 10.1 Å². The van der Waals surface area contributed by atoms with E-state index in [0.717, 1.165) is 45.6 Å². The topological polar surface area (TPSA) is 41.6 Å². The molecule has 0 aliphatic carbocycles. The molecule has 0 bridgehead atoms. The molecule has 1 aromatic rings. The van der Waals surface area contributed by atoms with E-state index in [1.165, 1.54) is 12.1 Å². The summed E-state index contributed by atoms with van der Waals surface area (Å²) in [6.45, 7) is 3.56. The average Bonchev–Trinajstić information content (AvgIpc) is 2.97. The first-order chi connectivity index (χ1) is 10.2. The Kier molecular flexibility index (Phi) is 4.51. The summed E-state index contributed by atoms with van der Waals surface area (Å²) in [6.07, 6.45) is 3.10. The van der Waals surface area contributed by atoms with E-state index < -0.39 is 0 Å². The number of halogens is 1. The number of nitrogens with one attached hydrogen (secondary N) is 1. The summed E-state index contributed by atoms with van der Waals surface area (Å²) in [4.78, 5) is 14.6. The van der Waals surface area contributed by atoms with Crippen LogP contribution in [0.5, 0.6) is 0 Å². The summed E-state index contributed by atoms with van der Waals surface area (Å²) in [5, 5.41) is 3.01. The number of carbonyl (C=O) groups excluding carboxylic acids is 1. The zero-order valence-electron chi connectivity index (χ0n) is 12.1. The number of benzene rings is 1. The van der Waals surface area contributed by atoms with Crippen LogP contribution in [0.2, 0.25) is 0 Å². The minimum atomic E-state index is -0.377. The van der Waals surface area contributed by atoms with Crippen molar-refractivity contribution < 1.29 is 13.9 Å². The fourth-order valence-corrected chi connectivity index (χ4v) is 3.19. The van der Waals surface area contributed by atoms with Crippen molar-refractivity contribution in [2.75, 3.05) is 26.3 Å². The molecule has 2 aliphatic heterocycles. The van der Waals surface area contributed by atoms with Crippen LogP contribution in [-0.2, 0) is 4.74 Å². The lowest BCUT2D eigenvalue weighted by Crippen LogP contribution is -2.41. The highest BCUT2D eigenvalue weighted by Crippen LogP contribution is 2.20. The first kappa shape index (κ1) is 14.5. The number of carbonyl (C=O) groups is 1. The number of likely N-dealkylation sites (tertiary alicyclic amines) is 1. The average molecular weight is 292 g/mol. The number of nitrogens with zero attached hydrogens (tertiary/aromatic N) is 1. The zero-order valence-corrected chi connectivity index (χ0v) is 12.1. The van der Waals surface area contributed by atoms with E-state index in [1.807, 2.05) is 0 Å². The van der Waals surface area contributed by atoms with E-state index in [-0.39, 0.29) is 17.8 Å². The van der Waals surface area contributed by atoms with Gasteiger partial charge in [0.1, 0.15) is 5.82 Å². The molecule has 1 aromatic carbocycles. The molecular formula is C16H21FN2O2. The van der Waals surface area contributed by atoms with Gasteiger partial charge in [-0.05, 0) is 37.5 Å². The second-order valence-corrected chi connectivity index (χ2v) is 5.81. The van der Waals surface area contributed by atoms with Gasteiger partial charge in [-0.15, -0.1) is 0 Å². The second-order valence-electron chi connectivity index (χ2n) is 5.81. The number of hydrogen-bond acceptors (Lipinski definition) is 3. The third-order valence-corrected chi connectivity index (χ3v) is 4.35. The standard InChI is InChI=1S/C16H21FN2O2/c17-13-3-1-2-12(10-13)16(20)18-14-4-7-19(11-14)15-5-8-21-9-6-15/h1-3,10,14-15H,4-9,11H2,(H,18,20). The fraction of sp³-hybridized carbons (Fsp3) is 0.562. The van der Waals surface area contributed by atoms with E-state index in [2.05, 4.69) is 10.2 Å². The van der Waals surface area contributed by atoms with Crippen LogP contribution in [0, 0.1) is 5.82 Å². The Bertz CT molecular complexity index is 503.